The van der Waals surface area contributed by atoms with Crippen LogP contribution < -0.4 is 0 Å². The Morgan fingerprint density at radius 2 is 2.00 bits per heavy atom. The Morgan fingerprint density at radius 1 is 1.26 bits per heavy atom. The van der Waals surface area contributed by atoms with E-state index in [1.54, 1.807) is 0 Å². The van der Waals surface area contributed by atoms with Crippen LogP contribution in [0.2, 0.25) is 4.34 Å². The summed E-state index contributed by atoms with van der Waals surface area (Å²) < 4.78 is 0.692. The lowest BCUT2D eigenvalue weighted by Gasteiger charge is -2.33. The number of thiophene rings is 1. The number of amides is 1. The lowest BCUT2D eigenvalue weighted by Crippen LogP contribution is -2.46. The summed E-state index contributed by atoms with van der Waals surface area (Å²) in [4.78, 5) is 17.9. The third-order valence-corrected chi connectivity index (χ3v) is 5.58. The van der Waals surface area contributed by atoms with Crippen molar-refractivity contribution in [3.63, 3.8) is 0 Å². The Hall–Kier alpha value is -0.580. The third-order valence-electron chi connectivity index (χ3n) is 4.37. The Morgan fingerprint density at radius 3 is 2.63 bits per heavy atom. The van der Waals surface area contributed by atoms with E-state index in [4.69, 9.17) is 11.6 Å². The number of carbonyl (C=O) groups excluding carboxylic acids is 1. The van der Waals surface area contributed by atoms with E-state index in [9.17, 15) is 4.79 Å². The molecule has 3 rings (SSSR count). The van der Waals surface area contributed by atoms with E-state index < -0.39 is 0 Å². The van der Waals surface area contributed by atoms with Crippen molar-refractivity contribution in [2.75, 3.05) is 20.1 Å². The highest BCUT2D eigenvalue weighted by molar-refractivity contribution is 7.17. The monoisotopic (exact) mass is 298 g/mol. The van der Waals surface area contributed by atoms with E-state index >= 15 is 0 Å². The molecule has 0 aromatic carbocycles. The first-order valence-corrected chi connectivity index (χ1v) is 8.13. The van der Waals surface area contributed by atoms with Crippen LogP contribution in [0.3, 0.4) is 0 Å². The van der Waals surface area contributed by atoms with Crippen LogP contribution in [-0.4, -0.2) is 47.9 Å². The number of nitrogens with zero attached hydrogens (tertiary/aromatic N) is 2. The van der Waals surface area contributed by atoms with Crippen LogP contribution in [0.5, 0.6) is 0 Å². The van der Waals surface area contributed by atoms with Crippen LogP contribution in [0.4, 0.5) is 0 Å². The number of carbonyl (C=O) groups is 1. The van der Waals surface area contributed by atoms with Crippen LogP contribution in [0.25, 0.3) is 0 Å². The molecule has 104 valence electrons. The first kappa shape index (κ1) is 13.4. The molecule has 0 spiro atoms. The maximum atomic E-state index is 12.6. The molecule has 2 fully saturated rings. The highest BCUT2D eigenvalue weighted by Crippen LogP contribution is 2.31. The van der Waals surface area contributed by atoms with Crippen molar-refractivity contribution in [1.82, 2.24) is 9.80 Å². The molecule has 2 saturated heterocycles. The van der Waals surface area contributed by atoms with Crippen molar-refractivity contribution in [2.45, 2.75) is 37.8 Å². The van der Waals surface area contributed by atoms with Crippen LogP contribution >= 0.6 is 22.9 Å². The SMILES string of the molecule is CN1CCCC1C1CCCN1C(=O)c1ccc(Cl)s1. The smallest absolute Gasteiger partial charge is 0.264 e. The molecular weight excluding hydrogens is 280 g/mol. The first-order chi connectivity index (χ1) is 9.16. The fourth-order valence-corrected chi connectivity index (χ4v) is 4.44. The second-order valence-corrected chi connectivity index (χ2v) is 7.22. The van der Waals surface area contributed by atoms with Gasteiger partial charge in [-0.1, -0.05) is 11.6 Å². The largest absolute Gasteiger partial charge is 0.333 e. The molecule has 0 saturated carbocycles. The van der Waals surface area contributed by atoms with Crippen LogP contribution in [0.1, 0.15) is 35.4 Å². The Kier molecular flexibility index (Phi) is 3.83. The molecule has 1 aromatic rings. The molecule has 0 N–H and O–H groups in total. The average molecular weight is 299 g/mol. The maximum Gasteiger partial charge on any atom is 0.264 e. The molecule has 1 amide bonds. The minimum Gasteiger partial charge on any atom is -0.333 e. The molecule has 0 aliphatic carbocycles. The highest BCUT2D eigenvalue weighted by atomic mass is 35.5. The van der Waals surface area contributed by atoms with Gasteiger partial charge in [0, 0.05) is 18.6 Å². The summed E-state index contributed by atoms with van der Waals surface area (Å²) >= 11 is 7.33. The maximum absolute atomic E-state index is 12.6. The number of hydrogen-bond acceptors (Lipinski definition) is 3. The molecule has 5 heteroatoms. The van der Waals surface area contributed by atoms with E-state index in [0.29, 0.717) is 16.4 Å². The van der Waals surface area contributed by atoms with Gasteiger partial charge in [0.25, 0.3) is 5.91 Å². The van der Waals surface area contributed by atoms with E-state index in [-0.39, 0.29) is 5.91 Å². The van der Waals surface area contributed by atoms with Crippen molar-refractivity contribution in [1.29, 1.82) is 0 Å². The quantitative estimate of drug-likeness (QED) is 0.837. The Labute approximate surface area is 123 Å². The second-order valence-electron chi connectivity index (χ2n) is 5.50. The van der Waals surface area contributed by atoms with Crippen molar-refractivity contribution >= 4 is 28.8 Å². The lowest BCUT2D eigenvalue weighted by molar-refractivity contribution is 0.0669. The third kappa shape index (κ3) is 2.54. The van der Waals surface area contributed by atoms with Crippen molar-refractivity contribution in [3.8, 4) is 0 Å². The number of halogens is 1. The number of hydrogen-bond donors (Lipinski definition) is 0. The summed E-state index contributed by atoms with van der Waals surface area (Å²) in [6.07, 6.45) is 4.74. The van der Waals surface area contributed by atoms with E-state index in [1.807, 2.05) is 12.1 Å². The zero-order valence-corrected chi connectivity index (χ0v) is 12.7. The molecule has 19 heavy (non-hydrogen) atoms. The fourth-order valence-electron chi connectivity index (χ4n) is 3.44. The van der Waals surface area contributed by atoms with Crippen LogP contribution in [0.15, 0.2) is 12.1 Å². The van der Waals surface area contributed by atoms with Gasteiger partial charge in [0.05, 0.1) is 9.21 Å². The zero-order valence-electron chi connectivity index (χ0n) is 11.1. The van der Waals surface area contributed by atoms with Crippen LogP contribution in [-0.2, 0) is 0 Å². The standard InChI is InChI=1S/C14H19ClN2OS/c1-16-8-2-4-10(16)11-5-3-9-17(11)14(18)12-6-7-13(15)19-12/h6-7,10-11H,2-5,8-9H2,1H3. The molecule has 2 unspecified atom stereocenters. The van der Waals surface area contributed by atoms with Gasteiger partial charge >= 0.3 is 0 Å². The topological polar surface area (TPSA) is 23.6 Å². The molecule has 1 aromatic heterocycles. The van der Waals surface area contributed by atoms with E-state index in [1.165, 1.54) is 24.2 Å². The predicted octanol–water partition coefficient (Wildman–Crippen LogP) is 3.10. The average Bonchev–Trinajstić information content (AvgIpc) is 3.07. The molecule has 2 atom stereocenters. The van der Waals surface area contributed by atoms with E-state index in [0.717, 1.165) is 30.8 Å². The minimum atomic E-state index is 0.166. The van der Waals surface area contributed by atoms with Crippen molar-refractivity contribution in [3.05, 3.63) is 21.3 Å². The lowest BCUT2D eigenvalue weighted by atomic mass is 10.0. The highest BCUT2D eigenvalue weighted by Gasteiger charge is 2.38. The Bertz CT molecular complexity index is 476. The van der Waals surface area contributed by atoms with Gasteiger partial charge in [-0.25, -0.2) is 0 Å². The van der Waals surface area contributed by atoms with Gasteiger partial charge in [-0.2, -0.15) is 0 Å². The summed E-state index contributed by atoms with van der Waals surface area (Å²) in [6, 6.07) is 4.60. The summed E-state index contributed by atoms with van der Waals surface area (Å²) in [5.74, 6) is 0.166. The molecular formula is C14H19ClN2OS. The van der Waals surface area contributed by atoms with Crippen molar-refractivity contribution in [2.24, 2.45) is 0 Å². The van der Waals surface area contributed by atoms with Gasteiger partial charge < -0.3 is 9.80 Å². The number of rotatable bonds is 2. The minimum absolute atomic E-state index is 0.166. The summed E-state index contributed by atoms with van der Waals surface area (Å²) in [5.41, 5.74) is 0. The van der Waals surface area contributed by atoms with Gasteiger partial charge in [0.2, 0.25) is 0 Å². The zero-order chi connectivity index (χ0) is 13.4. The fraction of sp³-hybridized carbons (Fsp3) is 0.643. The first-order valence-electron chi connectivity index (χ1n) is 6.93. The molecule has 0 radical (unpaired) electrons. The summed E-state index contributed by atoms with van der Waals surface area (Å²) in [6.45, 7) is 2.05. The normalized spacial score (nSPS) is 28.2. The van der Waals surface area contributed by atoms with Gasteiger partial charge in [0.1, 0.15) is 0 Å². The van der Waals surface area contributed by atoms with E-state index in [2.05, 4.69) is 16.8 Å². The molecule has 3 nitrogen and oxygen atoms in total. The van der Waals surface area contributed by atoms with Crippen LogP contribution in [0, 0.1) is 0 Å². The second kappa shape index (κ2) is 5.43. The molecule has 3 heterocycles. The summed E-state index contributed by atoms with van der Waals surface area (Å²) in [7, 11) is 2.18. The summed E-state index contributed by atoms with van der Waals surface area (Å²) in [5, 5.41) is 0. The van der Waals surface area contributed by atoms with Gasteiger partial charge in [-0.3, -0.25) is 4.79 Å². The Balaban J connectivity index is 1.77. The molecule has 2 aliphatic heterocycles. The molecule has 2 aliphatic rings. The van der Waals surface area contributed by atoms with Crippen molar-refractivity contribution < 1.29 is 4.79 Å². The molecule has 0 bridgehead atoms. The van der Waals surface area contributed by atoms with Gasteiger partial charge in [-0.05, 0) is 51.4 Å². The predicted molar refractivity (Wildman–Crippen MR) is 79.0 cm³/mol. The van der Waals surface area contributed by atoms with Gasteiger partial charge in [0.15, 0.2) is 0 Å². The number of likely N-dealkylation sites (tertiary alicyclic amines) is 2. The number of likely N-dealkylation sites (N-methyl/N-ethyl adjacent to an activating group) is 1. The van der Waals surface area contributed by atoms with Gasteiger partial charge in [-0.15, -0.1) is 11.3 Å².